The smallest absolute Gasteiger partial charge is 0.269 e. The van der Waals surface area contributed by atoms with E-state index < -0.39 is 0 Å². The van der Waals surface area contributed by atoms with Crippen LogP contribution < -0.4 is 15.6 Å². The summed E-state index contributed by atoms with van der Waals surface area (Å²) >= 11 is 0. The monoisotopic (exact) mass is 236 g/mol. The van der Waals surface area contributed by atoms with E-state index in [9.17, 15) is 9.59 Å². The molecule has 0 aliphatic rings. The average molecular weight is 236 g/mol. The fraction of sp³-hybridized carbons (Fsp3) is 0.333. The Morgan fingerprint density at radius 2 is 1.82 bits per heavy atom. The van der Waals surface area contributed by atoms with Gasteiger partial charge in [0.05, 0.1) is 0 Å². The first-order valence-electron chi connectivity index (χ1n) is 5.21. The minimum absolute atomic E-state index is 0.275. The van der Waals surface area contributed by atoms with Gasteiger partial charge in [-0.05, 0) is 45.0 Å². The molecule has 0 heterocycles. The van der Waals surface area contributed by atoms with Crippen molar-refractivity contribution in [3.8, 4) is 5.75 Å². The van der Waals surface area contributed by atoms with Crippen molar-refractivity contribution in [3.05, 3.63) is 29.8 Å². The van der Waals surface area contributed by atoms with Crippen LogP contribution in [-0.4, -0.2) is 17.9 Å². The number of nitrogens with one attached hydrogen (secondary N) is 2. The van der Waals surface area contributed by atoms with Crippen LogP contribution in [0.5, 0.6) is 5.75 Å². The van der Waals surface area contributed by atoms with Crippen LogP contribution in [-0.2, 0) is 4.79 Å². The third-order valence-electron chi connectivity index (χ3n) is 1.79. The Hall–Kier alpha value is -2.04. The van der Waals surface area contributed by atoms with Gasteiger partial charge in [0.2, 0.25) is 6.41 Å². The van der Waals surface area contributed by atoms with Gasteiger partial charge in [0, 0.05) is 5.56 Å². The largest absolute Gasteiger partial charge is 0.488 e. The minimum atomic E-state index is -0.376. The highest BCUT2D eigenvalue weighted by atomic mass is 16.5. The molecule has 2 amide bonds. The molecule has 1 rings (SSSR count). The molecular weight excluding hydrogens is 220 g/mol. The lowest BCUT2D eigenvalue weighted by atomic mass is 10.1. The maximum Gasteiger partial charge on any atom is 0.269 e. The van der Waals surface area contributed by atoms with E-state index in [4.69, 9.17) is 4.74 Å². The maximum atomic E-state index is 11.4. The van der Waals surface area contributed by atoms with Gasteiger partial charge in [0.25, 0.3) is 5.91 Å². The molecule has 0 aliphatic heterocycles. The molecule has 92 valence electrons. The molecule has 0 aliphatic carbocycles. The summed E-state index contributed by atoms with van der Waals surface area (Å²) in [6.45, 7) is 5.84. The van der Waals surface area contributed by atoms with E-state index in [1.54, 1.807) is 24.3 Å². The molecule has 0 radical (unpaired) electrons. The number of benzene rings is 1. The number of amides is 2. The number of ether oxygens (including phenoxy) is 1. The molecule has 0 bridgehead atoms. The van der Waals surface area contributed by atoms with E-state index in [2.05, 4.69) is 10.9 Å². The Balaban J connectivity index is 2.67. The average Bonchev–Trinajstić information content (AvgIpc) is 2.24. The second-order valence-corrected chi connectivity index (χ2v) is 4.46. The highest BCUT2D eigenvalue weighted by Gasteiger charge is 2.12. The van der Waals surface area contributed by atoms with Crippen molar-refractivity contribution in [3.63, 3.8) is 0 Å². The molecule has 0 atom stereocenters. The normalized spacial score (nSPS) is 10.5. The Morgan fingerprint density at radius 1 is 1.24 bits per heavy atom. The second kappa shape index (κ2) is 5.34. The summed E-state index contributed by atoms with van der Waals surface area (Å²) in [7, 11) is 0. The fourth-order valence-electron chi connectivity index (χ4n) is 1.20. The topological polar surface area (TPSA) is 67.4 Å². The fourth-order valence-corrected chi connectivity index (χ4v) is 1.20. The predicted molar refractivity (Wildman–Crippen MR) is 63.5 cm³/mol. The van der Waals surface area contributed by atoms with E-state index in [1.807, 2.05) is 20.8 Å². The lowest BCUT2D eigenvalue weighted by Crippen LogP contribution is -2.36. The van der Waals surface area contributed by atoms with Crippen LogP contribution in [0.4, 0.5) is 0 Å². The van der Waals surface area contributed by atoms with Crippen molar-refractivity contribution in [1.29, 1.82) is 0 Å². The van der Waals surface area contributed by atoms with E-state index in [0.29, 0.717) is 17.7 Å². The maximum absolute atomic E-state index is 11.4. The summed E-state index contributed by atoms with van der Waals surface area (Å²) in [5, 5.41) is 0. The van der Waals surface area contributed by atoms with Crippen LogP contribution in [0, 0.1) is 0 Å². The Bertz CT molecular complexity index is 393. The molecule has 0 spiro atoms. The zero-order valence-electron chi connectivity index (χ0n) is 10.1. The quantitative estimate of drug-likeness (QED) is 0.610. The number of hydrogen-bond donors (Lipinski definition) is 2. The molecule has 1 aromatic rings. The second-order valence-electron chi connectivity index (χ2n) is 4.46. The van der Waals surface area contributed by atoms with Gasteiger partial charge >= 0.3 is 0 Å². The SMILES string of the molecule is CC(C)(C)Oc1ccc(C(=O)NNC=O)cc1. The van der Waals surface area contributed by atoms with Gasteiger partial charge in [0.1, 0.15) is 11.4 Å². The van der Waals surface area contributed by atoms with Gasteiger partial charge in [-0.2, -0.15) is 0 Å². The first-order chi connectivity index (χ1) is 7.92. The molecule has 0 fully saturated rings. The van der Waals surface area contributed by atoms with E-state index in [-0.39, 0.29) is 11.5 Å². The molecular formula is C12H16N2O3. The summed E-state index contributed by atoms with van der Waals surface area (Å²) in [4.78, 5) is 21.4. The molecule has 0 saturated carbocycles. The van der Waals surface area contributed by atoms with Gasteiger partial charge in [-0.1, -0.05) is 0 Å². The van der Waals surface area contributed by atoms with Crippen molar-refractivity contribution < 1.29 is 14.3 Å². The number of hydrogen-bond acceptors (Lipinski definition) is 3. The lowest BCUT2D eigenvalue weighted by molar-refractivity contribution is -0.110. The minimum Gasteiger partial charge on any atom is -0.488 e. The number of rotatable bonds is 4. The van der Waals surface area contributed by atoms with E-state index in [0.717, 1.165) is 0 Å². The van der Waals surface area contributed by atoms with Crippen molar-refractivity contribution in [2.75, 3.05) is 0 Å². The van der Waals surface area contributed by atoms with Crippen LogP contribution in [0.15, 0.2) is 24.3 Å². The molecule has 1 aromatic carbocycles. The van der Waals surface area contributed by atoms with Gasteiger partial charge in [-0.25, -0.2) is 0 Å². The zero-order chi connectivity index (χ0) is 12.9. The highest BCUT2D eigenvalue weighted by molar-refractivity contribution is 5.94. The molecule has 2 N–H and O–H groups in total. The Morgan fingerprint density at radius 3 is 2.29 bits per heavy atom. The standard InChI is InChI=1S/C12H16N2O3/c1-12(2,3)17-10-6-4-9(5-7-10)11(16)14-13-8-15/h4-8H,1-3H3,(H,13,15)(H,14,16). The van der Waals surface area contributed by atoms with Crippen LogP contribution in [0.1, 0.15) is 31.1 Å². The van der Waals surface area contributed by atoms with Crippen molar-refractivity contribution in [2.24, 2.45) is 0 Å². The highest BCUT2D eigenvalue weighted by Crippen LogP contribution is 2.18. The van der Waals surface area contributed by atoms with Gasteiger partial charge in [-0.3, -0.25) is 20.4 Å². The van der Waals surface area contributed by atoms with Crippen LogP contribution >= 0.6 is 0 Å². The summed E-state index contributed by atoms with van der Waals surface area (Å²) < 4.78 is 5.61. The molecule has 17 heavy (non-hydrogen) atoms. The van der Waals surface area contributed by atoms with Gasteiger partial charge in [-0.15, -0.1) is 0 Å². The lowest BCUT2D eigenvalue weighted by Gasteiger charge is -2.21. The van der Waals surface area contributed by atoms with Crippen molar-refractivity contribution >= 4 is 12.3 Å². The first-order valence-corrected chi connectivity index (χ1v) is 5.21. The van der Waals surface area contributed by atoms with E-state index in [1.165, 1.54) is 0 Å². The summed E-state index contributed by atoms with van der Waals surface area (Å²) in [6, 6.07) is 6.67. The molecule has 0 unspecified atom stereocenters. The van der Waals surface area contributed by atoms with Gasteiger partial charge in [0.15, 0.2) is 0 Å². The molecule has 0 aromatic heterocycles. The zero-order valence-corrected chi connectivity index (χ0v) is 10.1. The number of hydrazine groups is 1. The molecule has 5 heteroatoms. The van der Waals surface area contributed by atoms with Crippen LogP contribution in [0.3, 0.4) is 0 Å². The first kappa shape index (κ1) is 13.0. The van der Waals surface area contributed by atoms with Crippen LogP contribution in [0.25, 0.3) is 0 Å². The van der Waals surface area contributed by atoms with Gasteiger partial charge < -0.3 is 4.74 Å². The van der Waals surface area contributed by atoms with Crippen molar-refractivity contribution in [2.45, 2.75) is 26.4 Å². The predicted octanol–water partition coefficient (Wildman–Crippen LogP) is 1.25. The third kappa shape index (κ3) is 4.55. The van der Waals surface area contributed by atoms with Crippen LogP contribution in [0.2, 0.25) is 0 Å². The molecule has 0 saturated heterocycles. The Labute approximate surface area is 100 Å². The Kier molecular flexibility index (Phi) is 4.09. The summed E-state index contributed by atoms with van der Waals surface area (Å²) in [5.74, 6) is 0.316. The van der Waals surface area contributed by atoms with E-state index >= 15 is 0 Å². The summed E-state index contributed by atoms with van der Waals surface area (Å²) in [5.41, 5.74) is 4.48. The number of carbonyl (C=O) groups excluding carboxylic acids is 2. The number of carbonyl (C=O) groups is 2. The summed E-state index contributed by atoms with van der Waals surface area (Å²) in [6.07, 6.45) is 0.398. The van der Waals surface area contributed by atoms with Crippen molar-refractivity contribution in [1.82, 2.24) is 10.9 Å². The third-order valence-corrected chi connectivity index (χ3v) is 1.79. The molecule has 5 nitrogen and oxygen atoms in total.